The SMILES string of the molecule is CCOCC(=O)N1CCN(S(=O)(=O)c2cccc(Cl)c2Cl)CC1. The van der Waals surface area contributed by atoms with Gasteiger partial charge in [0.2, 0.25) is 15.9 Å². The average molecular weight is 381 g/mol. The maximum atomic E-state index is 12.7. The Balaban J connectivity index is 2.07. The molecule has 1 aromatic rings. The number of nitrogens with zero attached hydrogens (tertiary/aromatic N) is 2. The lowest BCUT2D eigenvalue weighted by Crippen LogP contribution is -2.51. The molecule has 1 aliphatic rings. The zero-order valence-corrected chi connectivity index (χ0v) is 15.0. The summed E-state index contributed by atoms with van der Waals surface area (Å²) in [6, 6.07) is 4.51. The van der Waals surface area contributed by atoms with Crippen LogP contribution in [0, 0.1) is 0 Å². The van der Waals surface area contributed by atoms with Gasteiger partial charge in [-0.3, -0.25) is 4.79 Å². The summed E-state index contributed by atoms with van der Waals surface area (Å²) in [5.41, 5.74) is 0. The van der Waals surface area contributed by atoms with Crippen molar-refractivity contribution in [3.63, 3.8) is 0 Å². The number of carbonyl (C=O) groups excluding carboxylic acids is 1. The Hall–Kier alpha value is -0.860. The van der Waals surface area contributed by atoms with Gasteiger partial charge in [-0.2, -0.15) is 4.31 Å². The largest absolute Gasteiger partial charge is 0.372 e. The van der Waals surface area contributed by atoms with Crippen molar-refractivity contribution >= 4 is 39.1 Å². The van der Waals surface area contributed by atoms with E-state index in [9.17, 15) is 13.2 Å². The highest BCUT2D eigenvalue weighted by atomic mass is 35.5. The third-order valence-corrected chi connectivity index (χ3v) is 6.43. The van der Waals surface area contributed by atoms with Gasteiger partial charge in [0.1, 0.15) is 11.5 Å². The van der Waals surface area contributed by atoms with Gasteiger partial charge in [0.05, 0.1) is 10.0 Å². The second-order valence-electron chi connectivity index (χ2n) is 4.97. The lowest BCUT2D eigenvalue weighted by molar-refractivity contribution is -0.137. The Morgan fingerprint density at radius 3 is 2.48 bits per heavy atom. The first-order valence-corrected chi connectivity index (χ1v) is 9.37. The molecule has 0 bridgehead atoms. The quantitative estimate of drug-likeness (QED) is 0.781. The van der Waals surface area contributed by atoms with Gasteiger partial charge in [-0.15, -0.1) is 0 Å². The summed E-state index contributed by atoms with van der Waals surface area (Å²) in [5, 5.41) is 0.210. The van der Waals surface area contributed by atoms with E-state index in [-0.39, 0.29) is 40.5 Å². The smallest absolute Gasteiger partial charge is 0.248 e. The van der Waals surface area contributed by atoms with Gasteiger partial charge in [-0.1, -0.05) is 29.3 Å². The van der Waals surface area contributed by atoms with Crippen LogP contribution in [0.3, 0.4) is 0 Å². The summed E-state index contributed by atoms with van der Waals surface area (Å²) in [6.07, 6.45) is 0. The molecule has 1 aliphatic heterocycles. The van der Waals surface area contributed by atoms with Crippen LogP contribution in [0.5, 0.6) is 0 Å². The molecule has 0 aliphatic carbocycles. The fraction of sp³-hybridized carbons (Fsp3) is 0.500. The number of rotatable bonds is 5. The van der Waals surface area contributed by atoms with E-state index in [1.807, 2.05) is 6.92 Å². The molecule has 1 aromatic carbocycles. The van der Waals surface area contributed by atoms with Gasteiger partial charge in [0.25, 0.3) is 0 Å². The average Bonchev–Trinajstić information content (AvgIpc) is 2.55. The fourth-order valence-corrected chi connectivity index (χ4v) is 4.44. The topological polar surface area (TPSA) is 66.9 Å². The van der Waals surface area contributed by atoms with E-state index >= 15 is 0 Å². The number of hydrogen-bond donors (Lipinski definition) is 0. The van der Waals surface area contributed by atoms with Crippen molar-refractivity contribution < 1.29 is 17.9 Å². The maximum absolute atomic E-state index is 12.7. The van der Waals surface area contributed by atoms with E-state index in [4.69, 9.17) is 27.9 Å². The van der Waals surface area contributed by atoms with Crippen molar-refractivity contribution in [2.24, 2.45) is 0 Å². The molecule has 0 atom stereocenters. The molecule has 0 aromatic heterocycles. The van der Waals surface area contributed by atoms with Crippen molar-refractivity contribution in [1.82, 2.24) is 9.21 Å². The molecule has 6 nitrogen and oxygen atoms in total. The molecule has 9 heteroatoms. The second kappa shape index (κ2) is 7.81. The molecule has 0 saturated carbocycles. The highest BCUT2D eigenvalue weighted by Crippen LogP contribution is 2.31. The standard InChI is InChI=1S/C14H18Cl2N2O4S/c1-2-22-10-13(19)17-6-8-18(9-7-17)23(20,21)12-5-3-4-11(15)14(12)16/h3-5H,2,6-10H2,1H3. The Morgan fingerprint density at radius 2 is 1.87 bits per heavy atom. The number of hydrogen-bond acceptors (Lipinski definition) is 4. The molecule has 1 heterocycles. The summed E-state index contributed by atoms with van der Waals surface area (Å²) < 4.78 is 31.7. The lowest BCUT2D eigenvalue weighted by Gasteiger charge is -2.34. The van der Waals surface area contributed by atoms with E-state index in [2.05, 4.69) is 0 Å². The van der Waals surface area contributed by atoms with Crippen LogP contribution in [0.2, 0.25) is 10.0 Å². The molecule has 0 N–H and O–H groups in total. The zero-order chi connectivity index (χ0) is 17.0. The number of halogens is 2. The Labute approximate surface area is 146 Å². The van der Waals surface area contributed by atoms with Crippen molar-refractivity contribution in [3.8, 4) is 0 Å². The molecular formula is C14H18Cl2N2O4S. The zero-order valence-electron chi connectivity index (χ0n) is 12.7. The van der Waals surface area contributed by atoms with Gasteiger partial charge < -0.3 is 9.64 Å². The predicted molar refractivity (Wildman–Crippen MR) is 88.3 cm³/mol. The van der Waals surface area contributed by atoms with E-state index in [1.54, 1.807) is 11.0 Å². The molecule has 2 rings (SSSR count). The first-order chi connectivity index (χ1) is 10.9. The van der Waals surface area contributed by atoms with E-state index in [1.165, 1.54) is 16.4 Å². The van der Waals surface area contributed by atoms with E-state index < -0.39 is 10.0 Å². The van der Waals surface area contributed by atoms with Crippen molar-refractivity contribution in [1.29, 1.82) is 0 Å². The highest BCUT2D eigenvalue weighted by molar-refractivity contribution is 7.89. The van der Waals surface area contributed by atoms with Crippen LogP contribution in [-0.2, 0) is 19.6 Å². The first-order valence-electron chi connectivity index (χ1n) is 7.17. The van der Waals surface area contributed by atoms with Crippen molar-refractivity contribution in [2.75, 3.05) is 39.4 Å². The number of piperazine rings is 1. The van der Waals surface area contributed by atoms with Gasteiger partial charge in [-0.05, 0) is 19.1 Å². The summed E-state index contributed by atoms with van der Waals surface area (Å²) in [4.78, 5) is 13.5. The van der Waals surface area contributed by atoms with Crippen LogP contribution in [0.1, 0.15) is 6.92 Å². The molecule has 0 unspecified atom stereocenters. The molecule has 23 heavy (non-hydrogen) atoms. The summed E-state index contributed by atoms with van der Waals surface area (Å²) >= 11 is 11.9. The third kappa shape index (κ3) is 4.16. The predicted octanol–water partition coefficient (Wildman–Crippen LogP) is 1.86. The first kappa shape index (κ1) is 18.5. The normalized spacial score (nSPS) is 16.6. The van der Waals surface area contributed by atoms with Gasteiger partial charge in [-0.25, -0.2) is 8.42 Å². The van der Waals surface area contributed by atoms with Crippen LogP contribution in [-0.4, -0.2) is 62.9 Å². The monoisotopic (exact) mass is 380 g/mol. The van der Waals surface area contributed by atoms with Crippen LogP contribution >= 0.6 is 23.2 Å². The summed E-state index contributed by atoms with van der Waals surface area (Å²) in [7, 11) is -3.73. The van der Waals surface area contributed by atoms with E-state index in [0.29, 0.717) is 19.7 Å². The minimum atomic E-state index is -3.73. The summed E-state index contributed by atoms with van der Waals surface area (Å²) in [6.45, 7) is 3.36. The van der Waals surface area contributed by atoms with Crippen LogP contribution in [0.25, 0.3) is 0 Å². The number of benzene rings is 1. The van der Waals surface area contributed by atoms with Crippen LogP contribution < -0.4 is 0 Å². The molecule has 1 fully saturated rings. The Bertz CT molecular complexity index is 673. The molecule has 0 radical (unpaired) electrons. The number of carbonyl (C=O) groups is 1. The van der Waals surface area contributed by atoms with Gasteiger partial charge in [0, 0.05) is 32.8 Å². The minimum absolute atomic E-state index is 0.0132. The van der Waals surface area contributed by atoms with E-state index in [0.717, 1.165) is 0 Å². The lowest BCUT2D eigenvalue weighted by atomic mass is 10.3. The maximum Gasteiger partial charge on any atom is 0.248 e. The number of sulfonamides is 1. The number of ether oxygens (including phenoxy) is 1. The summed E-state index contributed by atoms with van der Waals surface area (Å²) in [5.74, 6) is -0.135. The Kier molecular flexibility index (Phi) is 6.27. The molecule has 0 spiro atoms. The third-order valence-electron chi connectivity index (χ3n) is 3.55. The number of amides is 1. The highest BCUT2D eigenvalue weighted by Gasteiger charge is 2.31. The van der Waals surface area contributed by atoms with Gasteiger partial charge >= 0.3 is 0 Å². The van der Waals surface area contributed by atoms with Crippen molar-refractivity contribution in [2.45, 2.75) is 11.8 Å². The Morgan fingerprint density at radius 1 is 1.22 bits per heavy atom. The van der Waals surface area contributed by atoms with Crippen molar-refractivity contribution in [3.05, 3.63) is 28.2 Å². The fourth-order valence-electron chi connectivity index (χ4n) is 2.28. The van der Waals surface area contributed by atoms with Gasteiger partial charge in [0.15, 0.2) is 0 Å². The second-order valence-corrected chi connectivity index (χ2v) is 7.67. The molecule has 1 amide bonds. The van der Waals surface area contributed by atoms with Crippen LogP contribution in [0.15, 0.2) is 23.1 Å². The van der Waals surface area contributed by atoms with Crippen LogP contribution in [0.4, 0.5) is 0 Å². The molecule has 1 saturated heterocycles. The minimum Gasteiger partial charge on any atom is -0.372 e. The molecule has 128 valence electrons. The molecular weight excluding hydrogens is 363 g/mol.